The highest BCUT2D eigenvalue weighted by atomic mass is 35.5. The third-order valence-corrected chi connectivity index (χ3v) is 5.30. The molecule has 1 aromatic carbocycles. The monoisotopic (exact) mass is 387 g/mol. The van der Waals surface area contributed by atoms with E-state index in [1.54, 1.807) is 9.80 Å². The van der Waals surface area contributed by atoms with Crippen LogP contribution in [0.4, 0.5) is 0 Å². The second kappa shape index (κ2) is 9.41. The first-order chi connectivity index (χ1) is 11.5. The van der Waals surface area contributed by atoms with Crippen LogP contribution in [0.25, 0.3) is 0 Å². The molecule has 0 atom stereocenters. The van der Waals surface area contributed by atoms with E-state index in [0.717, 1.165) is 5.56 Å². The van der Waals surface area contributed by atoms with Crippen molar-refractivity contribution in [3.63, 3.8) is 0 Å². The van der Waals surface area contributed by atoms with E-state index in [-0.39, 0.29) is 30.8 Å². The molecule has 0 saturated carbocycles. The summed E-state index contributed by atoms with van der Waals surface area (Å²) in [7, 11) is 0. The van der Waals surface area contributed by atoms with Gasteiger partial charge in [-0.25, -0.2) is 0 Å². The van der Waals surface area contributed by atoms with Gasteiger partial charge in [-0.1, -0.05) is 37.6 Å². The number of carbonyl (C=O) groups is 2. The fourth-order valence-electron chi connectivity index (χ4n) is 3.17. The molecule has 2 N–H and O–H groups in total. The van der Waals surface area contributed by atoms with Crippen molar-refractivity contribution in [3.05, 3.63) is 34.9 Å². The van der Waals surface area contributed by atoms with Gasteiger partial charge in [0.2, 0.25) is 11.8 Å². The van der Waals surface area contributed by atoms with Gasteiger partial charge in [0.25, 0.3) is 0 Å². The highest BCUT2D eigenvalue weighted by molar-refractivity contribution is 6.30. The van der Waals surface area contributed by atoms with Crippen molar-refractivity contribution in [1.82, 2.24) is 9.80 Å². The maximum Gasteiger partial charge on any atom is 0.242 e. The Balaban J connectivity index is 0.00000312. The molecule has 2 rings (SSSR count). The topological polar surface area (TPSA) is 66.6 Å². The summed E-state index contributed by atoms with van der Waals surface area (Å²) in [6, 6.07) is 7.50. The van der Waals surface area contributed by atoms with E-state index in [1.807, 2.05) is 38.1 Å². The van der Waals surface area contributed by atoms with Gasteiger partial charge < -0.3 is 15.5 Å². The fraction of sp³-hybridized carbons (Fsp3) is 0.556. The highest BCUT2D eigenvalue weighted by Gasteiger charge is 2.39. The molecule has 2 amide bonds. The molecule has 0 bridgehead atoms. The van der Waals surface area contributed by atoms with Crippen molar-refractivity contribution in [1.29, 1.82) is 0 Å². The van der Waals surface area contributed by atoms with E-state index in [9.17, 15) is 9.59 Å². The SMILES string of the molecule is CCC(CC)(CN)C(=O)N1CCN(Cc2cccc(Cl)c2)C(=O)C1.Cl. The zero-order valence-corrected chi connectivity index (χ0v) is 16.4. The van der Waals surface area contributed by atoms with Crippen LogP contribution in [-0.4, -0.2) is 47.8 Å². The molecule has 1 aliphatic heterocycles. The Kier molecular flexibility index (Phi) is 8.19. The molecule has 0 unspecified atom stereocenters. The molecule has 0 aliphatic carbocycles. The lowest BCUT2D eigenvalue weighted by Crippen LogP contribution is -2.56. The summed E-state index contributed by atoms with van der Waals surface area (Å²) >= 11 is 5.99. The minimum absolute atomic E-state index is 0. The summed E-state index contributed by atoms with van der Waals surface area (Å²) in [6.45, 7) is 6.00. The van der Waals surface area contributed by atoms with Crippen molar-refractivity contribution < 1.29 is 9.59 Å². The number of hydrogen-bond donors (Lipinski definition) is 1. The Morgan fingerprint density at radius 1 is 1.28 bits per heavy atom. The third-order valence-electron chi connectivity index (χ3n) is 5.07. The van der Waals surface area contributed by atoms with Gasteiger partial charge in [-0.05, 0) is 30.5 Å². The molecule has 0 spiro atoms. The van der Waals surface area contributed by atoms with Crippen LogP contribution in [0.15, 0.2) is 24.3 Å². The number of nitrogens with two attached hydrogens (primary N) is 1. The Morgan fingerprint density at radius 3 is 2.48 bits per heavy atom. The largest absolute Gasteiger partial charge is 0.335 e. The van der Waals surface area contributed by atoms with Gasteiger partial charge in [-0.2, -0.15) is 0 Å². The first kappa shape index (κ1) is 21.7. The van der Waals surface area contributed by atoms with Gasteiger partial charge in [0.15, 0.2) is 0 Å². The predicted octanol–water partition coefficient (Wildman–Crippen LogP) is 2.70. The van der Waals surface area contributed by atoms with E-state index in [0.29, 0.717) is 44.0 Å². The Hall–Kier alpha value is -1.30. The van der Waals surface area contributed by atoms with Gasteiger partial charge >= 0.3 is 0 Å². The average molecular weight is 388 g/mol. The molecule has 1 heterocycles. The van der Waals surface area contributed by atoms with Crippen LogP contribution in [0.2, 0.25) is 5.02 Å². The predicted molar refractivity (Wildman–Crippen MR) is 103 cm³/mol. The summed E-state index contributed by atoms with van der Waals surface area (Å²) in [6.07, 6.45) is 1.38. The molecule has 7 heteroatoms. The first-order valence-electron chi connectivity index (χ1n) is 8.47. The van der Waals surface area contributed by atoms with Crippen LogP contribution in [0.3, 0.4) is 0 Å². The van der Waals surface area contributed by atoms with Crippen LogP contribution in [0.1, 0.15) is 32.3 Å². The zero-order chi connectivity index (χ0) is 17.7. The van der Waals surface area contributed by atoms with Crippen molar-refractivity contribution in [2.75, 3.05) is 26.2 Å². The van der Waals surface area contributed by atoms with Crippen molar-refractivity contribution in [3.8, 4) is 0 Å². The van der Waals surface area contributed by atoms with Crippen LogP contribution in [-0.2, 0) is 16.1 Å². The maximum absolute atomic E-state index is 12.8. The van der Waals surface area contributed by atoms with E-state index >= 15 is 0 Å². The second-order valence-corrected chi connectivity index (χ2v) is 6.80. The van der Waals surface area contributed by atoms with Crippen molar-refractivity contribution in [2.45, 2.75) is 33.2 Å². The van der Waals surface area contributed by atoms with Crippen LogP contribution < -0.4 is 5.73 Å². The molecule has 1 aliphatic rings. The average Bonchev–Trinajstić information content (AvgIpc) is 2.58. The van der Waals surface area contributed by atoms with Gasteiger partial charge in [0, 0.05) is 31.2 Å². The van der Waals surface area contributed by atoms with E-state index in [4.69, 9.17) is 17.3 Å². The fourth-order valence-corrected chi connectivity index (χ4v) is 3.38. The molecule has 1 fully saturated rings. The standard InChI is InChI=1S/C18H26ClN3O2.ClH/c1-3-18(4-2,13-20)17(24)22-9-8-21(16(23)12-22)11-14-6-5-7-15(19)10-14;/h5-7,10H,3-4,8-9,11-13,20H2,1-2H3;1H. The van der Waals surface area contributed by atoms with Crippen molar-refractivity contribution >= 4 is 35.8 Å². The van der Waals surface area contributed by atoms with Gasteiger partial charge in [0.05, 0.1) is 12.0 Å². The number of benzene rings is 1. The minimum atomic E-state index is -0.546. The van der Waals surface area contributed by atoms with E-state index in [1.165, 1.54) is 0 Å². The number of halogens is 2. The summed E-state index contributed by atoms with van der Waals surface area (Å²) in [5.74, 6) is -0.0292. The number of amides is 2. The van der Waals surface area contributed by atoms with E-state index < -0.39 is 5.41 Å². The molecule has 1 aromatic rings. The summed E-state index contributed by atoms with van der Waals surface area (Å²) in [5, 5.41) is 0.660. The van der Waals surface area contributed by atoms with Gasteiger partial charge in [-0.15, -0.1) is 12.4 Å². The maximum atomic E-state index is 12.8. The molecular formula is C18H27Cl2N3O2. The molecule has 140 valence electrons. The molecule has 0 radical (unpaired) electrons. The highest BCUT2D eigenvalue weighted by Crippen LogP contribution is 2.28. The van der Waals surface area contributed by atoms with Crippen LogP contribution in [0, 0.1) is 5.41 Å². The Labute approximate surface area is 160 Å². The number of nitrogens with zero attached hydrogens (tertiary/aromatic N) is 2. The normalized spacial score (nSPS) is 15.1. The number of piperazine rings is 1. The Bertz CT molecular complexity index is 597. The number of carbonyl (C=O) groups excluding carboxylic acids is 2. The Morgan fingerprint density at radius 2 is 1.96 bits per heavy atom. The van der Waals surface area contributed by atoms with Crippen LogP contribution in [0.5, 0.6) is 0 Å². The van der Waals surface area contributed by atoms with E-state index in [2.05, 4.69) is 0 Å². The number of hydrogen-bond acceptors (Lipinski definition) is 3. The first-order valence-corrected chi connectivity index (χ1v) is 8.85. The zero-order valence-electron chi connectivity index (χ0n) is 14.8. The summed E-state index contributed by atoms with van der Waals surface area (Å²) in [4.78, 5) is 28.7. The second-order valence-electron chi connectivity index (χ2n) is 6.36. The molecule has 0 aromatic heterocycles. The van der Waals surface area contributed by atoms with Gasteiger partial charge in [0.1, 0.15) is 0 Å². The lowest BCUT2D eigenvalue weighted by molar-refractivity contribution is -0.152. The minimum Gasteiger partial charge on any atom is -0.335 e. The quantitative estimate of drug-likeness (QED) is 0.815. The van der Waals surface area contributed by atoms with Gasteiger partial charge in [-0.3, -0.25) is 9.59 Å². The molecule has 25 heavy (non-hydrogen) atoms. The summed E-state index contributed by atoms with van der Waals surface area (Å²) < 4.78 is 0. The number of rotatable bonds is 6. The lowest BCUT2D eigenvalue weighted by Gasteiger charge is -2.40. The molecule has 5 nitrogen and oxygen atoms in total. The van der Waals surface area contributed by atoms with Crippen molar-refractivity contribution in [2.24, 2.45) is 11.1 Å². The van der Waals surface area contributed by atoms with Crippen LogP contribution >= 0.6 is 24.0 Å². The lowest BCUT2D eigenvalue weighted by atomic mass is 9.80. The summed E-state index contributed by atoms with van der Waals surface area (Å²) in [5.41, 5.74) is 6.31. The molecular weight excluding hydrogens is 361 g/mol. The smallest absolute Gasteiger partial charge is 0.242 e. The third kappa shape index (κ3) is 4.87. The molecule has 1 saturated heterocycles.